The van der Waals surface area contributed by atoms with Crippen molar-refractivity contribution in [3.8, 4) is 0 Å². The largest absolute Gasteiger partial charge is 0.345 e. The lowest BCUT2D eigenvalue weighted by Gasteiger charge is -1.78. The van der Waals surface area contributed by atoms with Crippen molar-refractivity contribution < 1.29 is 4.79 Å². The molecule has 52 valence electrons. The van der Waals surface area contributed by atoms with Crippen LogP contribution >= 0.6 is 11.6 Å². The molecule has 10 heavy (non-hydrogen) atoms. The zero-order valence-electron chi connectivity index (χ0n) is 5.04. The maximum atomic E-state index is 10.2. The summed E-state index contributed by atoms with van der Waals surface area (Å²) in [5, 5.41) is -0.503. The summed E-state index contributed by atoms with van der Waals surface area (Å²) in [6.07, 6.45) is 6.01. The monoisotopic (exact) mass is 156 g/mol. The summed E-state index contributed by atoms with van der Waals surface area (Å²) >= 11 is 5.03. The summed E-state index contributed by atoms with van der Waals surface area (Å²) in [4.78, 5) is 16.8. The summed E-state index contributed by atoms with van der Waals surface area (Å²) in [5.74, 6) is 0.619. The van der Waals surface area contributed by atoms with Crippen molar-refractivity contribution in [2.75, 3.05) is 0 Å². The van der Waals surface area contributed by atoms with Gasteiger partial charge in [0.2, 0.25) is 5.24 Å². The molecule has 0 aromatic carbocycles. The second-order valence-electron chi connectivity index (χ2n) is 1.61. The molecule has 1 rings (SSSR count). The van der Waals surface area contributed by atoms with E-state index in [0.29, 0.717) is 5.82 Å². The minimum atomic E-state index is -0.503. The number of carbonyl (C=O) groups excluding carboxylic acids is 1. The van der Waals surface area contributed by atoms with Crippen molar-refractivity contribution in [1.82, 2.24) is 9.97 Å². The number of hydrogen-bond acceptors (Lipinski definition) is 2. The van der Waals surface area contributed by atoms with Gasteiger partial charge in [0.05, 0.1) is 0 Å². The number of allylic oxidation sites excluding steroid dienone is 1. The molecule has 1 heterocycles. The van der Waals surface area contributed by atoms with Crippen molar-refractivity contribution in [1.29, 1.82) is 0 Å². The molecule has 0 atom stereocenters. The maximum absolute atomic E-state index is 10.2. The molecule has 0 amide bonds. The Bertz CT molecular complexity index is 240. The zero-order chi connectivity index (χ0) is 7.40. The topological polar surface area (TPSA) is 45.8 Å². The Hall–Kier alpha value is -1.09. The molecule has 1 N–H and O–H groups in total. The van der Waals surface area contributed by atoms with Gasteiger partial charge in [-0.1, -0.05) is 0 Å². The van der Waals surface area contributed by atoms with Gasteiger partial charge in [0.25, 0.3) is 0 Å². The Morgan fingerprint density at radius 1 is 1.80 bits per heavy atom. The third-order valence-electron chi connectivity index (χ3n) is 0.892. The smallest absolute Gasteiger partial charge is 0.245 e. The van der Waals surface area contributed by atoms with Gasteiger partial charge < -0.3 is 4.98 Å². The molecular weight excluding hydrogens is 152 g/mol. The average molecular weight is 157 g/mol. The minimum Gasteiger partial charge on any atom is -0.345 e. The first-order valence-corrected chi connectivity index (χ1v) is 3.04. The molecule has 3 nitrogen and oxygen atoms in total. The van der Waals surface area contributed by atoms with E-state index in [1.54, 1.807) is 12.4 Å². The van der Waals surface area contributed by atoms with Crippen LogP contribution in [0, 0.1) is 0 Å². The standard InChI is InChI=1S/C6H5ClN2O/c7-5(10)1-2-6-8-3-4-9-6/h1-4H,(H,8,9)/b2-1+. The lowest BCUT2D eigenvalue weighted by atomic mass is 10.5. The van der Waals surface area contributed by atoms with Crippen LogP contribution in [0.25, 0.3) is 6.08 Å². The Balaban J connectivity index is 2.64. The first kappa shape index (κ1) is 7.02. The number of hydrogen-bond donors (Lipinski definition) is 1. The van der Waals surface area contributed by atoms with E-state index in [-0.39, 0.29) is 0 Å². The third kappa shape index (κ3) is 2.03. The molecule has 1 aromatic heterocycles. The van der Waals surface area contributed by atoms with E-state index in [0.717, 1.165) is 0 Å². The lowest BCUT2D eigenvalue weighted by Crippen LogP contribution is -1.77. The molecule has 0 bridgehead atoms. The van der Waals surface area contributed by atoms with E-state index >= 15 is 0 Å². The van der Waals surface area contributed by atoms with Crippen LogP contribution in [0.2, 0.25) is 0 Å². The summed E-state index contributed by atoms with van der Waals surface area (Å²) in [5.41, 5.74) is 0. The number of nitrogens with one attached hydrogen (secondary N) is 1. The van der Waals surface area contributed by atoms with Crippen molar-refractivity contribution in [2.45, 2.75) is 0 Å². The lowest BCUT2D eigenvalue weighted by molar-refractivity contribution is -0.107. The number of H-pyrrole nitrogens is 1. The van der Waals surface area contributed by atoms with Crippen LogP contribution in [0.5, 0.6) is 0 Å². The second-order valence-corrected chi connectivity index (χ2v) is 1.98. The molecule has 4 heteroatoms. The SMILES string of the molecule is O=C(Cl)/C=C/c1ncc[nH]1. The number of imidazole rings is 1. The third-order valence-corrected chi connectivity index (χ3v) is 1.02. The van der Waals surface area contributed by atoms with Gasteiger partial charge in [0, 0.05) is 18.5 Å². The van der Waals surface area contributed by atoms with Gasteiger partial charge in [-0.25, -0.2) is 4.98 Å². The summed E-state index contributed by atoms with van der Waals surface area (Å²) in [7, 11) is 0. The maximum Gasteiger partial charge on any atom is 0.245 e. The summed E-state index contributed by atoms with van der Waals surface area (Å²) in [6.45, 7) is 0. The highest BCUT2D eigenvalue weighted by molar-refractivity contribution is 6.66. The van der Waals surface area contributed by atoms with Crippen LogP contribution in [-0.4, -0.2) is 15.2 Å². The molecule has 0 aliphatic rings. The fraction of sp³-hybridized carbons (Fsp3) is 0. The van der Waals surface area contributed by atoms with E-state index in [9.17, 15) is 4.79 Å². The fourth-order valence-electron chi connectivity index (χ4n) is 0.513. The predicted molar refractivity (Wildman–Crippen MR) is 38.5 cm³/mol. The van der Waals surface area contributed by atoms with Gasteiger partial charge in [0.15, 0.2) is 0 Å². The number of carbonyl (C=O) groups is 1. The highest BCUT2D eigenvalue weighted by Gasteiger charge is 1.87. The van der Waals surface area contributed by atoms with Gasteiger partial charge in [-0.3, -0.25) is 4.79 Å². The van der Waals surface area contributed by atoms with Crippen molar-refractivity contribution in [3.63, 3.8) is 0 Å². The number of rotatable bonds is 2. The molecule has 0 spiro atoms. The highest BCUT2D eigenvalue weighted by Crippen LogP contribution is 1.92. The normalized spacial score (nSPS) is 10.5. The van der Waals surface area contributed by atoms with Crippen LogP contribution in [0.1, 0.15) is 5.82 Å². The Morgan fingerprint density at radius 3 is 3.10 bits per heavy atom. The van der Waals surface area contributed by atoms with Crippen molar-refractivity contribution in [2.24, 2.45) is 0 Å². The molecule has 0 radical (unpaired) electrons. The Labute approximate surface area is 62.7 Å². The molecule has 0 saturated heterocycles. The van der Waals surface area contributed by atoms with E-state index in [1.165, 1.54) is 12.2 Å². The van der Waals surface area contributed by atoms with Crippen LogP contribution in [0.15, 0.2) is 18.5 Å². The molecule has 0 aliphatic heterocycles. The van der Waals surface area contributed by atoms with Gasteiger partial charge in [-0.2, -0.15) is 0 Å². The number of nitrogens with zero attached hydrogens (tertiary/aromatic N) is 1. The highest BCUT2D eigenvalue weighted by atomic mass is 35.5. The van der Waals surface area contributed by atoms with Crippen LogP contribution in [0.4, 0.5) is 0 Å². The van der Waals surface area contributed by atoms with E-state index in [2.05, 4.69) is 9.97 Å². The van der Waals surface area contributed by atoms with E-state index in [4.69, 9.17) is 11.6 Å². The van der Waals surface area contributed by atoms with Gasteiger partial charge in [-0.05, 0) is 17.7 Å². The van der Waals surface area contributed by atoms with Crippen LogP contribution in [-0.2, 0) is 4.79 Å². The summed E-state index contributed by atoms with van der Waals surface area (Å²) in [6, 6.07) is 0. The average Bonchev–Trinajstić information content (AvgIpc) is 2.34. The molecule has 0 fully saturated rings. The second kappa shape index (κ2) is 3.17. The first-order chi connectivity index (χ1) is 4.79. The Kier molecular flexibility index (Phi) is 2.23. The molecule has 0 saturated carbocycles. The van der Waals surface area contributed by atoms with Crippen LogP contribution < -0.4 is 0 Å². The van der Waals surface area contributed by atoms with Crippen LogP contribution in [0.3, 0.4) is 0 Å². The van der Waals surface area contributed by atoms with E-state index < -0.39 is 5.24 Å². The molecule has 1 aromatic rings. The predicted octanol–water partition coefficient (Wildman–Crippen LogP) is 1.19. The van der Waals surface area contributed by atoms with Crippen molar-refractivity contribution in [3.05, 3.63) is 24.3 Å². The van der Waals surface area contributed by atoms with Crippen molar-refractivity contribution >= 4 is 22.9 Å². The number of aromatic amines is 1. The quantitative estimate of drug-likeness (QED) is 0.517. The summed E-state index contributed by atoms with van der Waals surface area (Å²) < 4.78 is 0. The fourth-order valence-corrected chi connectivity index (χ4v) is 0.576. The Morgan fingerprint density at radius 2 is 2.60 bits per heavy atom. The van der Waals surface area contributed by atoms with Gasteiger partial charge in [0.1, 0.15) is 5.82 Å². The van der Waals surface area contributed by atoms with Gasteiger partial charge >= 0.3 is 0 Å². The molecule has 0 aliphatic carbocycles. The van der Waals surface area contributed by atoms with Gasteiger partial charge in [-0.15, -0.1) is 0 Å². The first-order valence-electron chi connectivity index (χ1n) is 2.66. The zero-order valence-corrected chi connectivity index (χ0v) is 5.80. The molecular formula is C6H5ClN2O. The molecule has 0 unspecified atom stereocenters. The number of aromatic nitrogens is 2. The van der Waals surface area contributed by atoms with E-state index in [1.807, 2.05) is 0 Å². The number of halogens is 1. The minimum absolute atomic E-state index is 0.503.